The van der Waals surface area contributed by atoms with Crippen molar-refractivity contribution in [3.8, 4) is 0 Å². The van der Waals surface area contributed by atoms with Gasteiger partial charge in [-0.05, 0) is 36.1 Å². The quantitative estimate of drug-likeness (QED) is 0.154. The van der Waals surface area contributed by atoms with Crippen molar-refractivity contribution in [2.45, 2.75) is 88.8 Å². The molecule has 0 bridgehead atoms. The molecule has 0 radical (unpaired) electrons. The van der Waals surface area contributed by atoms with Gasteiger partial charge in [-0.3, -0.25) is 0 Å². The van der Waals surface area contributed by atoms with E-state index in [1.807, 2.05) is 135 Å². The zero-order valence-electron chi connectivity index (χ0n) is 27.7. The summed E-state index contributed by atoms with van der Waals surface area (Å²) in [6.45, 7) is 5.39. The molecule has 8 heteroatoms. The highest BCUT2D eigenvalue weighted by atomic mass is 16.7. The van der Waals surface area contributed by atoms with Crippen LogP contribution in [0.3, 0.4) is 0 Å². The van der Waals surface area contributed by atoms with Gasteiger partial charge in [-0.25, -0.2) is 0 Å². The minimum atomic E-state index is -1.82. The topological polar surface area (TPSA) is 84.8 Å². The van der Waals surface area contributed by atoms with Crippen molar-refractivity contribution in [1.29, 1.82) is 0 Å². The molecule has 6 atom stereocenters. The van der Waals surface area contributed by atoms with E-state index in [1.54, 1.807) is 0 Å². The maximum atomic E-state index is 12.6. The molecule has 2 aliphatic heterocycles. The van der Waals surface area contributed by atoms with Crippen molar-refractivity contribution in [3.63, 3.8) is 0 Å². The van der Waals surface area contributed by atoms with Crippen LogP contribution in [0.4, 0.5) is 0 Å². The van der Waals surface area contributed by atoms with Crippen LogP contribution < -0.4 is 0 Å². The Morgan fingerprint density at radius 1 is 0.604 bits per heavy atom. The smallest absolute Gasteiger partial charge is 0.198 e. The van der Waals surface area contributed by atoms with Gasteiger partial charge in [0.25, 0.3) is 0 Å². The van der Waals surface area contributed by atoms with E-state index in [9.17, 15) is 5.11 Å². The summed E-state index contributed by atoms with van der Waals surface area (Å²) in [6, 6.07) is 39.7. The van der Waals surface area contributed by atoms with Crippen molar-refractivity contribution in [3.05, 3.63) is 144 Å². The zero-order chi connectivity index (χ0) is 33.2. The molecule has 0 unspecified atom stereocenters. The average molecular weight is 655 g/mol. The van der Waals surface area contributed by atoms with Gasteiger partial charge in [0.2, 0.25) is 0 Å². The fourth-order valence-corrected chi connectivity index (χ4v) is 6.29. The molecular formula is C40H46O8. The second-order valence-corrected chi connectivity index (χ2v) is 12.9. The molecule has 0 amide bonds. The van der Waals surface area contributed by atoms with E-state index in [1.165, 1.54) is 0 Å². The SMILES string of the molecule is CC1(C)OC[C@@H](C[C@]2(O)O[C@H](COCc3ccccc3)[C@@H](OCc3ccccc3)[C@H](OCc3ccccc3)[C@H]2OCc2ccccc2)O1. The van der Waals surface area contributed by atoms with Gasteiger partial charge in [-0.15, -0.1) is 0 Å². The van der Waals surface area contributed by atoms with Crippen LogP contribution >= 0.6 is 0 Å². The molecule has 0 saturated carbocycles. The molecule has 4 aromatic rings. The van der Waals surface area contributed by atoms with Crippen LogP contribution in [0.1, 0.15) is 42.5 Å². The number of benzene rings is 4. The molecule has 1 N–H and O–H groups in total. The number of hydrogen-bond donors (Lipinski definition) is 1. The highest BCUT2D eigenvalue weighted by Crippen LogP contribution is 2.40. The molecule has 2 aliphatic rings. The Morgan fingerprint density at radius 2 is 1.06 bits per heavy atom. The largest absolute Gasteiger partial charge is 0.374 e. The van der Waals surface area contributed by atoms with Crippen LogP contribution in [0.25, 0.3) is 0 Å². The summed E-state index contributed by atoms with van der Waals surface area (Å²) in [7, 11) is 0. The first kappa shape index (κ1) is 34.4. The molecule has 2 heterocycles. The summed E-state index contributed by atoms with van der Waals surface area (Å²) in [4.78, 5) is 0. The monoisotopic (exact) mass is 654 g/mol. The Hall–Kier alpha value is -3.44. The van der Waals surface area contributed by atoms with Crippen molar-refractivity contribution in [1.82, 2.24) is 0 Å². The van der Waals surface area contributed by atoms with Gasteiger partial charge in [0, 0.05) is 6.42 Å². The Morgan fingerprint density at radius 3 is 1.54 bits per heavy atom. The molecule has 0 aromatic heterocycles. The number of ether oxygens (including phenoxy) is 7. The minimum Gasteiger partial charge on any atom is -0.374 e. The predicted octanol–water partition coefficient (Wildman–Crippen LogP) is 6.59. The third-order valence-electron chi connectivity index (χ3n) is 8.61. The Balaban J connectivity index is 1.33. The number of hydrogen-bond acceptors (Lipinski definition) is 8. The summed E-state index contributed by atoms with van der Waals surface area (Å²) >= 11 is 0. The van der Waals surface area contributed by atoms with Gasteiger partial charge in [0.05, 0.1) is 45.7 Å². The van der Waals surface area contributed by atoms with Gasteiger partial charge in [0.15, 0.2) is 11.6 Å². The first-order valence-electron chi connectivity index (χ1n) is 16.7. The lowest BCUT2D eigenvalue weighted by atomic mass is 9.88. The van der Waals surface area contributed by atoms with E-state index in [4.69, 9.17) is 33.2 Å². The minimum absolute atomic E-state index is 0.0989. The summed E-state index contributed by atoms with van der Waals surface area (Å²) in [6.07, 6.45) is -3.37. The summed E-state index contributed by atoms with van der Waals surface area (Å²) in [5, 5.41) is 12.6. The Labute approximate surface area is 283 Å². The molecule has 48 heavy (non-hydrogen) atoms. The molecule has 4 aromatic carbocycles. The van der Waals surface area contributed by atoms with Gasteiger partial charge >= 0.3 is 0 Å². The second kappa shape index (κ2) is 16.3. The highest BCUT2D eigenvalue weighted by molar-refractivity contribution is 5.17. The van der Waals surface area contributed by atoms with E-state index in [0.29, 0.717) is 19.8 Å². The summed E-state index contributed by atoms with van der Waals surface area (Å²) < 4.78 is 45.1. The van der Waals surface area contributed by atoms with E-state index in [0.717, 1.165) is 22.3 Å². The molecule has 2 saturated heterocycles. The molecule has 6 rings (SSSR count). The van der Waals surface area contributed by atoms with E-state index >= 15 is 0 Å². The molecule has 254 valence electrons. The lowest BCUT2D eigenvalue weighted by Gasteiger charge is -2.50. The van der Waals surface area contributed by atoms with Crippen molar-refractivity contribution in [2.24, 2.45) is 0 Å². The number of aliphatic hydroxyl groups is 1. The maximum Gasteiger partial charge on any atom is 0.198 e. The Kier molecular flexibility index (Phi) is 11.7. The molecule has 8 nitrogen and oxygen atoms in total. The van der Waals surface area contributed by atoms with Gasteiger partial charge in [-0.2, -0.15) is 0 Å². The molecular weight excluding hydrogens is 608 g/mol. The first-order valence-corrected chi connectivity index (χ1v) is 16.7. The van der Waals surface area contributed by atoms with Crippen molar-refractivity contribution < 1.29 is 38.3 Å². The lowest BCUT2D eigenvalue weighted by Crippen LogP contribution is -2.68. The van der Waals surface area contributed by atoms with E-state index in [2.05, 4.69) is 0 Å². The third-order valence-corrected chi connectivity index (χ3v) is 8.61. The number of rotatable bonds is 15. The normalized spacial score (nSPS) is 26.8. The second-order valence-electron chi connectivity index (χ2n) is 12.9. The van der Waals surface area contributed by atoms with Gasteiger partial charge in [0.1, 0.15) is 24.4 Å². The maximum absolute atomic E-state index is 12.6. The van der Waals surface area contributed by atoms with Crippen LogP contribution in [0.2, 0.25) is 0 Å². The van der Waals surface area contributed by atoms with Crippen molar-refractivity contribution >= 4 is 0 Å². The first-order chi connectivity index (χ1) is 23.4. The van der Waals surface area contributed by atoms with Gasteiger partial charge < -0.3 is 38.3 Å². The average Bonchev–Trinajstić information content (AvgIpc) is 3.45. The predicted molar refractivity (Wildman–Crippen MR) is 180 cm³/mol. The van der Waals surface area contributed by atoms with Crippen molar-refractivity contribution in [2.75, 3.05) is 13.2 Å². The van der Waals surface area contributed by atoms with Gasteiger partial charge in [-0.1, -0.05) is 121 Å². The lowest BCUT2D eigenvalue weighted by molar-refractivity contribution is -0.376. The standard InChI is InChI=1S/C40H46O8/c1-39(2)46-28-34(47-39)23-40(41)38(45-27-33-21-13-6-14-22-33)37(44-26-32-19-11-5-12-20-32)36(43-25-31-17-9-4-10-18-31)35(48-40)29-42-24-30-15-7-3-8-16-30/h3-22,34-38,41H,23-29H2,1-2H3/t34-,35-,36-,37+,38-,40+/m1/s1. The van der Waals surface area contributed by atoms with E-state index < -0.39 is 42.1 Å². The fraction of sp³-hybridized carbons (Fsp3) is 0.400. The Bertz CT molecular complexity index is 1500. The van der Waals surface area contributed by atoms with Crippen LogP contribution in [0.15, 0.2) is 121 Å². The van der Waals surface area contributed by atoms with Crippen LogP contribution in [-0.2, 0) is 59.6 Å². The third kappa shape index (κ3) is 9.37. The molecule has 0 aliphatic carbocycles. The van der Waals surface area contributed by atoms with Crippen LogP contribution in [0.5, 0.6) is 0 Å². The summed E-state index contributed by atoms with van der Waals surface area (Å²) in [5.74, 6) is -2.60. The zero-order valence-corrected chi connectivity index (χ0v) is 27.7. The summed E-state index contributed by atoms with van der Waals surface area (Å²) in [5.41, 5.74) is 3.98. The molecule has 2 fully saturated rings. The fourth-order valence-electron chi connectivity index (χ4n) is 6.29. The molecule has 0 spiro atoms. The van der Waals surface area contributed by atoms with E-state index in [-0.39, 0.29) is 26.2 Å². The highest BCUT2D eigenvalue weighted by Gasteiger charge is 2.57. The van der Waals surface area contributed by atoms with Crippen LogP contribution in [-0.4, -0.2) is 60.4 Å². The van der Waals surface area contributed by atoms with Crippen LogP contribution in [0, 0.1) is 0 Å².